The molecular weight excluding hydrogens is 272 g/mol. The lowest BCUT2D eigenvalue weighted by Gasteiger charge is -2.17. The van der Waals surface area contributed by atoms with E-state index in [1.54, 1.807) is 0 Å². The lowest BCUT2D eigenvalue weighted by atomic mass is 10.1. The minimum atomic E-state index is -0.616. The summed E-state index contributed by atoms with van der Waals surface area (Å²) in [5.41, 5.74) is 1.40. The molecule has 0 unspecified atom stereocenters. The van der Waals surface area contributed by atoms with E-state index >= 15 is 0 Å². The number of benzene rings is 2. The SMILES string of the molecule is O=C(c1cc(O)ccc1[N+](=O)[O-])N1CCc2ccccc21. The molecule has 2 aromatic rings. The van der Waals surface area contributed by atoms with Gasteiger partial charge in [0.2, 0.25) is 0 Å². The molecule has 0 bridgehead atoms. The number of nitrogens with zero attached hydrogens (tertiary/aromatic N) is 2. The summed E-state index contributed by atoms with van der Waals surface area (Å²) in [6.07, 6.45) is 0.717. The lowest BCUT2D eigenvalue weighted by Crippen LogP contribution is -2.29. The number of aromatic hydroxyl groups is 1. The molecule has 6 heteroatoms. The van der Waals surface area contributed by atoms with E-state index in [1.807, 2.05) is 24.3 Å². The van der Waals surface area contributed by atoms with Crippen LogP contribution in [0.25, 0.3) is 0 Å². The number of carbonyl (C=O) groups is 1. The van der Waals surface area contributed by atoms with E-state index in [-0.39, 0.29) is 17.0 Å². The molecule has 0 spiro atoms. The van der Waals surface area contributed by atoms with Crippen LogP contribution in [0.1, 0.15) is 15.9 Å². The zero-order valence-corrected chi connectivity index (χ0v) is 11.0. The van der Waals surface area contributed by atoms with Crippen LogP contribution in [0.3, 0.4) is 0 Å². The van der Waals surface area contributed by atoms with Gasteiger partial charge in [0, 0.05) is 18.3 Å². The molecule has 1 amide bonds. The number of hydrogen-bond donors (Lipinski definition) is 1. The van der Waals surface area contributed by atoms with Crippen LogP contribution in [0.5, 0.6) is 5.75 Å². The fraction of sp³-hybridized carbons (Fsp3) is 0.133. The average molecular weight is 284 g/mol. The van der Waals surface area contributed by atoms with Gasteiger partial charge < -0.3 is 10.0 Å². The second-order valence-corrected chi connectivity index (χ2v) is 4.79. The van der Waals surface area contributed by atoms with Crippen LogP contribution >= 0.6 is 0 Å². The van der Waals surface area contributed by atoms with Crippen molar-refractivity contribution in [3.63, 3.8) is 0 Å². The van der Waals surface area contributed by atoms with Gasteiger partial charge in [0.1, 0.15) is 11.3 Å². The van der Waals surface area contributed by atoms with Crippen molar-refractivity contribution in [2.24, 2.45) is 0 Å². The van der Waals surface area contributed by atoms with Crippen molar-refractivity contribution in [1.29, 1.82) is 0 Å². The van der Waals surface area contributed by atoms with E-state index in [0.717, 1.165) is 23.4 Å². The highest BCUT2D eigenvalue weighted by Crippen LogP contribution is 2.32. The van der Waals surface area contributed by atoms with E-state index in [2.05, 4.69) is 0 Å². The van der Waals surface area contributed by atoms with E-state index in [9.17, 15) is 20.0 Å². The molecule has 0 saturated heterocycles. The van der Waals surface area contributed by atoms with E-state index < -0.39 is 10.8 Å². The second kappa shape index (κ2) is 4.90. The Balaban J connectivity index is 2.04. The molecule has 0 radical (unpaired) electrons. The van der Waals surface area contributed by atoms with E-state index in [4.69, 9.17) is 0 Å². The van der Waals surface area contributed by atoms with E-state index in [1.165, 1.54) is 11.0 Å². The Morgan fingerprint density at radius 2 is 2.00 bits per heavy atom. The summed E-state index contributed by atoms with van der Waals surface area (Å²) < 4.78 is 0. The standard InChI is InChI=1S/C15H12N2O4/c18-11-5-6-14(17(20)21)12(9-11)15(19)16-8-7-10-3-1-2-4-13(10)16/h1-6,9,18H,7-8H2. The van der Waals surface area contributed by atoms with Crippen molar-refractivity contribution in [1.82, 2.24) is 0 Å². The number of fused-ring (bicyclic) bond motifs is 1. The summed E-state index contributed by atoms with van der Waals surface area (Å²) >= 11 is 0. The lowest BCUT2D eigenvalue weighted by molar-refractivity contribution is -0.385. The van der Waals surface area contributed by atoms with Gasteiger partial charge in [0.15, 0.2) is 0 Å². The summed E-state index contributed by atoms with van der Waals surface area (Å²) in [5.74, 6) is -0.640. The zero-order valence-electron chi connectivity index (χ0n) is 11.0. The Morgan fingerprint density at radius 3 is 2.76 bits per heavy atom. The van der Waals surface area contributed by atoms with Gasteiger partial charge in [-0.3, -0.25) is 14.9 Å². The van der Waals surface area contributed by atoms with Gasteiger partial charge in [0.05, 0.1) is 4.92 Å². The Labute approximate surface area is 120 Å². The third-order valence-corrected chi connectivity index (χ3v) is 3.54. The molecule has 3 rings (SSSR count). The van der Waals surface area contributed by atoms with Gasteiger partial charge in [-0.1, -0.05) is 18.2 Å². The average Bonchev–Trinajstić information content (AvgIpc) is 2.90. The molecule has 6 nitrogen and oxygen atoms in total. The van der Waals surface area contributed by atoms with Crippen molar-refractivity contribution in [2.45, 2.75) is 6.42 Å². The number of phenols is 1. The molecule has 2 aromatic carbocycles. The fourth-order valence-electron chi connectivity index (χ4n) is 2.55. The molecule has 0 atom stereocenters. The third kappa shape index (κ3) is 2.20. The number of nitro benzene ring substituents is 1. The molecule has 0 fully saturated rings. The summed E-state index contributed by atoms with van der Waals surface area (Å²) in [6, 6.07) is 10.9. The van der Waals surface area contributed by atoms with Gasteiger partial charge in [-0.2, -0.15) is 0 Å². The summed E-state index contributed by atoms with van der Waals surface area (Å²) in [4.78, 5) is 24.5. The van der Waals surface area contributed by atoms with Crippen LogP contribution in [0.4, 0.5) is 11.4 Å². The Morgan fingerprint density at radius 1 is 1.24 bits per heavy atom. The molecule has 0 aliphatic carbocycles. The molecular formula is C15H12N2O4. The Kier molecular flexibility index (Phi) is 3.06. The predicted molar refractivity (Wildman–Crippen MR) is 76.6 cm³/mol. The Bertz CT molecular complexity index is 742. The number of phenolic OH excluding ortho intramolecular Hbond substituents is 1. The number of anilines is 1. The van der Waals surface area contributed by atoms with Gasteiger partial charge in [-0.25, -0.2) is 0 Å². The van der Waals surface area contributed by atoms with E-state index in [0.29, 0.717) is 13.0 Å². The molecule has 1 heterocycles. The van der Waals surface area contributed by atoms with Crippen molar-refractivity contribution < 1.29 is 14.8 Å². The maximum atomic E-state index is 12.6. The highest BCUT2D eigenvalue weighted by atomic mass is 16.6. The zero-order chi connectivity index (χ0) is 15.0. The first-order valence-electron chi connectivity index (χ1n) is 6.45. The maximum Gasteiger partial charge on any atom is 0.282 e. The van der Waals surface area contributed by atoms with Crippen LogP contribution in [0.15, 0.2) is 42.5 Å². The van der Waals surface area contributed by atoms with Gasteiger partial charge >= 0.3 is 0 Å². The second-order valence-electron chi connectivity index (χ2n) is 4.79. The quantitative estimate of drug-likeness (QED) is 0.678. The van der Waals surface area contributed by atoms with Crippen LogP contribution in [0, 0.1) is 10.1 Å². The molecule has 1 N–H and O–H groups in total. The van der Waals surface area contributed by atoms with Crippen molar-refractivity contribution in [3.8, 4) is 5.75 Å². The molecule has 21 heavy (non-hydrogen) atoms. The molecule has 0 saturated carbocycles. The number of carbonyl (C=O) groups excluding carboxylic acids is 1. The molecule has 0 aromatic heterocycles. The van der Waals surface area contributed by atoms with Crippen LogP contribution < -0.4 is 4.90 Å². The maximum absolute atomic E-state index is 12.6. The highest BCUT2D eigenvalue weighted by Gasteiger charge is 2.30. The number of para-hydroxylation sites is 1. The monoisotopic (exact) mass is 284 g/mol. The molecule has 1 aliphatic rings. The number of hydrogen-bond acceptors (Lipinski definition) is 4. The largest absolute Gasteiger partial charge is 0.508 e. The first-order valence-corrected chi connectivity index (χ1v) is 6.45. The van der Waals surface area contributed by atoms with Gasteiger partial charge in [-0.05, 0) is 30.2 Å². The van der Waals surface area contributed by atoms with Gasteiger partial charge in [0.25, 0.3) is 11.6 Å². The smallest absolute Gasteiger partial charge is 0.282 e. The summed E-state index contributed by atoms with van der Waals surface area (Å²) in [7, 11) is 0. The van der Waals surface area contributed by atoms with Gasteiger partial charge in [-0.15, -0.1) is 0 Å². The normalized spacial score (nSPS) is 13.0. The number of amides is 1. The first-order chi connectivity index (χ1) is 10.1. The minimum absolute atomic E-state index is 0.100. The molecule has 106 valence electrons. The minimum Gasteiger partial charge on any atom is -0.508 e. The summed E-state index contributed by atoms with van der Waals surface area (Å²) in [6.45, 7) is 0.477. The first kappa shape index (κ1) is 13.1. The van der Waals surface area contributed by atoms with Crippen LogP contribution in [0.2, 0.25) is 0 Å². The topological polar surface area (TPSA) is 83.7 Å². The summed E-state index contributed by atoms with van der Waals surface area (Å²) in [5, 5.41) is 20.6. The van der Waals surface area contributed by atoms with Crippen molar-refractivity contribution >= 4 is 17.3 Å². The van der Waals surface area contributed by atoms with Crippen molar-refractivity contribution in [3.05, 3.63) is 63.7 Å². The fourth-order valence-corrected chi connectivity index (χ4v) is 2.55. The van der Waals surface area contributed by atoms with Crippen molar-refractivity contribution in [2.75, 3.05) is 11.4 Å². The number of nitro groups is 1. The van der Waals surface area contributed by atoms with Crippen LogP contribution in [-0.2, 0) is 6.42 Å². The molecule has 1 aliphatic heterocycles. The predicted octanol–water partition coefficient (Wildman–Crippen LogP) is 2.50. The Hall–Kier alpha value is -2.89. The number of rotatable bonds is 2. The third-order valence-electron chi connectivity index (χ3n) is 3.54. The highest BCUT2D eigenvalue weighted by molar-refractivity contribution is 6.09. The van der Waals surface area contributed by atoms with Crippen LogP contribution in [-0.4, -0.2) is 22.5 Å².